The van der Waals surface area contributed by atoms with Crippen molar-refractivity contribution in [2.24, 2.45) is 5.92 Å². The maximum atomic E-state index is 12.2. The molecule has 0 spiro atoms. The second-order valence-electron chi connectivity index (χ2n) is 8.53. The number of aliphatic hydroxyl groups is 4. The van der Waals surface area contributed by atoms with Crippen molar-refractivity contribution < 1.29 is 57.4 Å². The van der Waals surface area contributed by atoms with Gasteiger partial charge in [0.2, 0.25) is 0 Å². The normalized spacial score (nSPS) is 44.6. The molecule has 35 heavy (non-hydrogen) atoms. The minimum absolute atomic E-state index is 0.0155. The summed E-state index contributed by atoms with van der Waals surface area (Å²) in [5.41, 5.74) is -0.0124. The van der Waals surface area contributed by atoms with Gasteiger partial charge in [-0.3, -0.25) is 19.0 Å². The van der Waals surface area contributed by atoms with Crippen molar-refractivity contribution in [2.45, 2.75) is 49.2 Å². The molecule has 5 heterocycles. The predicted molar refractivity (Wildman–Crippen MR) is 109 cm³/mol. The van der Waals surface area contributed by atoms with E-state index in [1.807, 2.05) is 0 Å². The van der Waals surface area contributed by atoms with Gasteiger partial charge in [-0.15, -0.1) is 0 Å². The Balaban J connectivity index is 1.58. The first-order valence-electron chi connectivity index (χ1n) is 10.4. The lowest BCUT2D eigenvalue weighted by Crippen LogP contribution is -2.35. The summed E-state index contributed by atoms with van der Waals surface area (Å²) in [6.45, 7) is -1.46. The average molecular weight is 539 g/mol. The van der Waals surface area contributed by atoms with Crippen LogP contribution in [0, 0.1) is 11.3 Å². The van der Waals surface area contributed by atoms with E-state index < -0.39 is 77.6 Å². The number of phosphoric ester groups is 2. The zero-order chi connectivity index (χ0) is 25.3. The van der Waals surface area contributed by atoms with Crippen LogP contribution in [0.4, 0.5) is 0 Å². The third-order valence-electron chi connectivity index (χ3n) is 6.35. The zero-order valence-corrected chi connectivity index (χ0v) is 19.5. The quantitative estimate of drug-likeness (QED) is 0.177. The van der Waals surface area contributed by atoms with Gasteiger partial charge in [-0.2, -0.15) is 4.31 Å². The number of aromatic nitrogens is 4. The van der Waals surface area contributed by atoms with E-state index in [2.05, 4.69) is 18.8 Å². The molecule has 19 heteroatoms. The number of rotatable bonds is 0. The minimum Gasteiger partial charge on any atom is -0.390 e. The lowest BCUT2D eigenvalue weighted by molar-refractivity contribution is -0.0504. The molecule has 3 aliphatic heterocycles. The molecule has 1 saturated heterocycles. The summed E-state index contributed by atoms with van der Waals surface area (Å²) in [4.78, 5) is 28.1. The summed E-state index contributed by atoms with van der Waals surface area (Å²) in [5.74, 6) is -0.911. The Morgan fingerprint density at radius 2 is 1.57 bits per heavy atom. The number of phosphoric acid groups is 2. The van der Waals surface area contributed by atoms with Gasteiger partial charge in [-0.05, 0) is 6.42 Å². The van der Waals surface area contributed by atoms with Crippen molar-refractivity contribution in [2.75, 3.05) is 13.2 Å². The molecule has 0 aromatic carbocycles. The van der Waals surface area contributed by atoms with Gasteiger partial charge in [0.25, 0.3) is 0 Å². The van der Waals surface area contributed by atoms with E-state index in [1.54, 1.807) is 0 Å². The Bertz CT molecular complexity index is 1290. The molecule has 1 saturated carbocycles. The number of nitrogens with zero attached hydrogens (tertiary/aromatic N) is 4. The van der Waals surface area contributed by atoms with Crippen molar-refractivity contribution in [1.29, 1.82) is 5.41 Å². The van der Waals surface area contributed by atoms with Gasteiger partial charge < -0.3 is 39.5 Å². The zero-order valence-electron chi connectivity index (χ0n) is 17.7. The van der Waals surface area contributed by atoms with Crippen LogP contribution >= 0.6 is 15.6 Å². The Kier molecular flexibility index (Phi) is 6.28. The monoisotopic (exact) mass is 539 g/mol. The van der Waals surface area contributed by atoms with Crippen molar-refractivity contribution in [3.05, 3.63) is 18.1 Å². The van der Waals surface area contributed by atoms with Gasteiger partial charge in [0.1, 0.15) is 29.9 Å². The molecule has 4 aliphatic rings. The van der Waals surface area contributed by atoms with Gasteiger partial charge in [-0.1, -0.05) is 0 Å². The highest BCUT2D eigenvalue weighted by atomic mass is 31.3. The number of fused-ring (bicyclic) bond motifs is 7. The highest BCUT2D eigenvalue weighted by Crippen LogP contribution is 2.61. The van der Waals surface area contributed by atoms with Crippen molar-refractivity contribution in [1.82, 2.24) is 19.1 Å². The van der Waals surface area contributed by atoms with Crippen LogP contribution in [-0.4, -0.2) is 93.0 Å². The molecule has 7 N–H and O–H groups in total. The van der Waals surface area contributed by atoms with Gasteiger partial charge in [0.15, 0.2) is 17.4 Å². The first-order chi connectivity index (χ1) is 16.4. The van der Waals surface area contributed by atoms with Crippen LogP contribution in [0.2, 0.25) is 0 Å². The molecule has 17 nitrogen and oxygen atoms in total. The molecule has 6 rings (SSSR count). The summed E-state index contributed by atoms with van der Waals surface area (Å²) < 4.78 is 46.2. The third-order valence-corrected chi connectivity index (χ3v) is 8.96. The van der Waals surface area contributed by atoms with Gasteiger partial charge in [0, 0.05) is 5.92 Å². The Hall–Kier alpha value is -1.59. The summed E-state index contributed by atoms with van der Waals surface area (Å²) in [5, 5.41) is 50.4. The first-order valence-corrected chi connectivity index (χ1v) is 13.4. The number of hydrogen-bond acceptors (Lipinski definition) is 13. The number of imidazole rings is 1. The van der Waals surface area contributed by atoms with Crippen molar-refractivity contribution in [3.8, 4) is 0 Å². The van der Waals surface area contributed by atoms with Crippen molar-refractivity contribution >= 4 is 26.8 Å². The van der Waals surface area contributed by atoms with Crippen LogP contribution in [0.15, 0.2) is 12.7 Å². The molecule has 0 radical (unpaired) electrons. The molecule has 1 aliphatic carbocycles. The predicted octanol–water partition coefficient (Wildman–Crippen LogP) is -2.12. The van der Waals surface area contributed by atoms with Gasteiger partial charge in [-0.25, -0.2) is 19.1 Å². The fraction of sp³-hybridized carbons (Fsp3) is 0.688. The molecular formula is C16H23N5O12P2. The molecule has 2 fully saturated rings. The van der Waals surface area contributed by atoms with E-state index in [-0.39, 0.29) is 23.1 Å². The number of ether oxygens (including phenoxy) is 1. The Morgan fingerprint density at radius 1 is 0.914 bits per heavy atom. The first kappa shape index (κ1) is 25.1. The smallest absolute Gasteiger partial charge is 0.390 e. The standard InChI is InChI=1S/C16H23N5O12P2/c17-14-9-15-19-5-20(14)7-1-6(10(22)11(7)23)2-30-34(26,27)33-35(28,29)31-3-8-12(24)13(25)16(32-8)21(15)4-18-9/h4-8,10-13,16-17,22-25H,1-3H2,(H,26,27)(H,28,29)/t6-,7-,8-,10+,11-,12-,13-,16+/m1/s1. The topological polar surface area (TPSA) is 252 Å². The second-order valence-corrected chi connectivity index (χ2v) is 11.6. The summed E-state index contributed by atoms with van der Waals surface area (Å²) in [7, 11) is -10.4. The molecule has 10 atom stereocenters. The van der Waals surface area contributed by atoms with Crippen LogP contribution in [0.25, 0.3) is 11.2 Å². The van der Waals surface area contributed by atoms with Crippen LogP contribution < -0.4 is 5.49 Å². The van der Waals surface area contributed by atoms with Crippen LogP contribution in [0.1, 0.15) is 18.7 Å². The van der Waals surface area contributed by atoms with E-state index in [4.69, 9.17) is 14.7 Å². The van der Waals surface area contributed by atoms with Crippen LogP contribution in [0.5, 0.6) is 0 Å². The molecule has 2 aromatic heterocycles. The molecule has 2 unspecified atom stereocenters. The SMILES string of the molecule is N=c1c2ncn3c2ncn1[C@@H]1C[C@H](COP(=O)(O)OP(=O)(O)OC[C@H]2O[C@H]3[C@H](O)[C@@H]2O)[C@H](O)[C@@H]1O. The van der Waals surface area contributed by atoms with Crippen LogP contribution in [-0.2, 0) is 27.2 Å². The van der Waals surface area contributed by atoms with E-state index >= 15 is 0 Å². The maximum absolute atomic E-state index is 12.2. The third kappa shape index (κ3) is 4.41. The molecule has 194 valence electrons. The molecule has 2 aromatic rings. The van der Waals surface area contributed by atoms with Crippen LogP contribution in [0.3, 0.4) is 0 Å². The summed E-state index contributed by atoms with van der Waals surface area (Å²) >= 11 is 0. The number of aliphatic hydroxyl groups excluding tert-OH is 4. The number of hydrogen-bond donors (Lipinski definition) is 7. The van der Waals surface area contributed by atoms with E-state index in [0.717, 1.165) is 0 Å². The molecule has 8 bridgehead atoms. The summed E-state index contributed by atoms with van der Waals surface area (Å²) in [6, 6.07) is -0.891. The number of nitrogens with one attached hydrogen (secondary N) is 1. The fourth-order valence-corrected chi connectivity index (χ4v) is 6.69. The lowest BCUT2D eigenvalue weighted by Gasteiger charge is -2.21. The average Bonchev–Trinajstić information content (AvgIpc) is 3.41. The maximum Gasteiger partial charge on any atom is 0.481 e. The molecular weight excluding hydrogens is 516 g/mol. The highest BCUT2D eigenvalue weighted by molar-refractivity contribution is 7.61. The molecule has 0 amide bonds. The Labute approximate surface area is 195 Å². The largest absolute Gasteiger partial charge is 0.481 e. The lowest BCUT2D eigenvalue weighted by atomic mass is 10.1. The van der Waals surface area contributed by atoms with Gasteiger partial charge in [0.05, 0.1) is 38.0 Å². The fourth-order valence-electron chi connectivity index (χ4n) is 4.56. The minimum atomic E-state index is -5.21. The van der Waals surface area contributed by atoms with Gasteiger partial charge >= 0.3 is 15.6 Å². The van der Waals surface area contributed by atoms with E-state index in [9.17, 15) is 39.3 Å². The second kappa shape index (κ2) is 8.76. The van der Waals surface area contributed by atoms with Crippen molar-refractivity contribution in [3.63, 3.8) is 0 Å². The van der Waals surface area contributed by atoms with E-state index in [0.29, 0.717) is 0 Å². The highest BCUT2D eigenvalue weighted by Gasteiger charge is 2.48. The van der Waals surface area contributed by atoms with E-state index in [1.165, 1.54) is 21.8 Å². The summed E-state index contributed by atoms with van der Waals surface area (Å²) in [6.07, 6.45) is -6.22. The Morgan fingerprint density at radius 3 is 2.29 bits per heavy atom.